The largest absolute Gasteiger partial charge is 0.494 e. The second kappa shape index (κ2) is 7.64. The number of hydrogen-bond acceptors (Lipinski definition) is 4. The Hall–Kier alpha value is -1.81. The third-order valence-electron chi connectivity index (χ3n) is 4.57. The summed E-state index contributed by atoms with van der Waals surface area (Å²) in [6, 6.07) is 8.23. The number of nitrogens with zero attached hydrogens (tertiary/aromatic N) is 2. The van der Waals surface area contributed by atoms with E-state index in [2.05, 4.69) is 27.3 Å². The van der Waals surface area contributed by atoms with Gasteiger partial charge in [-0.1, -0.05) is 12.1 Å². The minimum atomic E-state index is 0.836. The number of pyridine rings is 1. The lowest BCUT2D eigenvalue weighted by Gasteiger charge is -2.15. The van der Waals surface area contributed by atoms with E-state index in [1.807, 2.05) is 19.1 Å². The molecule has 4 heteroatoms. The number of aromatic nitrogens is 1. The standard InChI is InChI=1S/C19H27N3O/c1-15-14-17(16-8-7-9-18(23-2)19(16)21-15)20-10-3-4-11-22-12-5-6-13-22/h7-9,14H,3-6,10-13H2,1-2H3,(H,20,21). The molecule has 1 aromatic carbocycles. The third kappa shape index (κ3) is 3.94. The van der Waals surface area contributed by atoms with Gasteiger partial charge in [0.2, 0.25) is 0 Å². The predicted molar refractivity (Wildman–Crippen MR) is 96.4 cm³/mol. The maximum absolute atomic E-state index is 5.44. The first-order valence-electron chi connectivity index (χ1n) is 8.68. The molecular formula is C19H27N3O. The van der Waals surface area contributed by atoms with Gasteiger partial charge in [-0.25, -0.2) is 4.98 Å². The van der Waals surface area contributed by atoms with E-state index < -0.39 is 0 Å². The number of ether oxygens (including phenoxy) is 1. The van der Waals surface area contributed by atoms with Crippen LogP contribution < -0.4 is 10.1 Å². The molecule has 1 aromatic heterocycles. The summed E-state index contributed by atoms with van der Waals surface area (Å²) in [5, 5.41) is 4.72. The Morgan fingerprint density at radius 3 is 2.83 bits per heavy atom. The number of likely N-dealkylation sites (tertiary alicyclic amines) is 1. The van der Waals surface area contributed by atoms with Gasteiger partial charge in [-0.15, -0.1) is 0 Å². The zero-order chi connectivity index (χ0) is 16.1. The highest BCUT2D eigenvalue weighted by atomic mass is 16.5. The van der Waals surface area contributed by atoms with Gasteiger partial charge in [0, 0.05) is 23.3 Å². The number of fused-ring (bicyclic) bond motifs is 1. The van der Waals surface area contributed by atoms with Crippen molar-refractivity contribution in [3.63, 3.8) is 0 Å². The van der Waals surface area contributed by atoms with Gasteiger partial charge in [-0.3, -0.25) is 0 Å². The Morgan fingerprint density at radius 2 is 2.04 bits per heavy atom. The summed E-state index contributed by atoms with van der Waals surface area (Å²) < 4.78 is 5.44. The van der Waals surface area contributed by atoms with Gasteiger partial charge in [0.25, 0.3) is 0 Å². The summed E-state index contributed by atoms with van der Waals surface area (Å²) >= 11 is 0. The fourth-order valence-corrected chi connectivity index (χ4v) is 3.35. The molecule has 0 aliphatic carbocycles. The molecule has 0 radical (unpaired) electrons. The summed E-state index contributed by atoms with van der Waals surface area (Å²) in [6.45, 7) is 6.86. The molecule has 1 aliphatic rings. The first-order valence-corrected chi connectivity index (χ1v) is 8.68. The van der Waals surface area contributed by atoms with Crippen LogP contribution in [0, 0.1) is 6.92 Å². The zero-order valence-corrected chi connectivity index (χ0v) is 14.3. The van der Waals surface area contributed by atoms with Crippen molar-refractivity contribution in [2.45, 2.75) is 32.6 Å². The van der Waals surface area contributed by atoms with Gasteiger partial charge in [0.05, 0.1) is 7.11 Å². The molecule has 1 fully saturated rings. The topological polar surface area (TPSA) is 37.4 Å². The molecule has 0 amide bonds. The number of aryl methyl sites for hydroxylation is 1. The van der Waals surface area contributed by atoms with Crippen LogP contribution in [0.1, 0.15) is 31.4 Å². The maximum atomic E-state index is 5.44. The highest BCUT2D eigenvalue weighted by molar-refractivity contribution is 5.95. The molecule has 3 rings (SSSR count). The Kier molecular flexibility index (Phi) is 5.34. The van der Waals surface area contributed by atoms with Gasteiger partial charge in [-0.05, 0) is 64.4 Å². The van der Waals surface area contributed by atoms with Crippen molar-refractivity contribution in [3.8, 4) is 5.75 Å². The second-order valence-corrected chi connectivity index (χ2v) is 6.35. The lowest BCUT2D eigenvalue weighted by Crippen LogP contribution is -2.20. The number of benzene rings is 1. The van der Waals surface area contributed by atoms with E-state index >= 15 is 0 Å². The van der Waals surface area contributed by atoms with Crippen LogP contribution in [0.5, 0.6) is 5.75 Å². The van der Waals surface area contributed by atoms with Crippen molar-refractivity contribution in [3.05, 3.63) is 30.0 Å². The summed E-state index contributed by atoms with van der Waals surface area (Å²) in [4.78, 5) is 7.21. The molecule has 0 saturated carbocycles. The predicted octanol–water partition coefficient (Wildman–Crippen LogP) is 3.84. The summed E-state index contributed by atoms with van der Waals surface area (Å²) in [6.07, 6.45) is 5.21. The van der Waals surface area contributed by atoms with E-state index in [1.165, 1.54) is 45.3 Å². The first-order chi connectivity index (χ1) is 11.3. The van der Waals surface area contributed by atoms with Crippen LogP contribution in [-0.4, -0.2) is 43.2 Å². The molecule has 0 spiro atoms. The van der Waals surface area contributed by atoms with Crippen LogP contribution in [0.15, 0.2) is 24.3 Å². The Bertz CT molecular complexity index is 650. The number of rotatable bonds is 7. The van der Waals surface area contributed by atoms with E-state index in [4.69, 9.17) is 4.74 Å². The second-order valence-electron chi connectivity index (χ2n) is 6.35. The van der Waals surface area contributed by atoms with E-state index in [9.17, 15) is 0 Å². The number of methoxy groups -OCH3 is 1. The van der Waals surface area contributed by atoms with Crippen LogP contribution in [0.4, 0.5) is 5.69 Å². The summed E-state index contributed by atoms with van der Waals surface area (Å²) in [7, 11) is 1.70. The molecule has 4 nitrogen and oxygen atoms in total. The van der Waals surface area contributed by atoms with Gasteiger partial charge >= 0.3 is 0 Å². The van der Waals surface area contributed by atoms with Crippen LogP contribution >= 0.6 is 0 Å². The number of anilines is 1. The molecule has 0 bridgehead atoms. The van der Waals surface area contributed by atoms with Crippen molar-refractivity contribution in [1.82, 2.24) is 9.88 Å². The smallest absolute Gasteiger partial charge is 0.145 e. The van der Waals surface area contributed by atoms with Crippen molar-refractivity contribution >= 4 is 16.6 Å². The third-order valence-corrected chi connectivity index (χ3v) is 4.57. The van der Waals surface area contributed by atoms with E-state index in [-0.39, 0.29) is 0 Å². The van der Waals surface area contributed by atoms with Gasteiger partial charge in [0.15, 0.2) is 0 Å². The van der Waals surface area contributed by atoms with Gasteiger partial charge < -0.3 is 15.0 Å². The molecule has 23 heavy (non-hydrogen) atoms. The number of nitrogens with one attached hydrogen (secondary N) is 1. The highest BCUT2D eigenvalue weighted by Crippen LogP contribution is 2.29. The highest BCUT2D eigenvalue weighted by Gasteiger charge is 2.11. The van der Waals surface area contributed by atoms with Crippen molar-refractivity contribution in [2.24, 2.45) is 0 Å². The summed E-state index contributed by atoms with van der Waals surface area (Å²) in [5.74, 6) is 0.836. The quantitative estimate of drug-likeness (QED) is 0.788. The number of hydrogen-bond donors (Lipinski definition) is 1. The molecule has 2 aromatic rings. The average molecular weight is 313 g/mol. The lowest BCUT2D eigenvalue weighted by molar-refractivity contribution is 0.331. The number of unbranched alkanes of at least 4 members (excludes halogenated alkanes) is 1. The SMILES string of the molecule is COc1cccc2c(NCCCCN3CCCC3)cc(C)nc12. The van der Waals surface area contributed by atoms with E-state index in [1.54, 1.807) is 7.11 Å². The van der Waals surface area contributed by atoms with Crippen LogP contribution in [-0.2, 0) is 0 Å². The summed E-state index contributed by atoms with van der Waals surface area (Å²) in [5.41, 5.74) is 3.11. The maximum Gasteiger partial charge on any atom is 0.145 e. The Morgan fingerprint density at radius 1 is 1.22 bits per heavy atom. The fraction of sp³-hybridized carbons (Fsp3) is 0.526. The van der Waals surface area contributed by atoms with Crippen molar-refractivity contribution in [2.75, 3.05) is 38.6 Å². The molecule has 1 N–H and O–H groups in total. The Labute approximate surface area is 138 Å². The van der Waals surface area contributed by atoms with Gasteiger partial charge in [-0.2, -0.15) is 0 Å². The molecule has 124 valence electrons. The fourth-order valence-electron chi connectivity index (χ4n) is 3.35. The molecular weight excluding hydrogens is 286 g/mol. The molecule has 0 atom stereocenters. The minimum absolute atomic E-state index is 0.836. The normalized spacial score (nSPS) is 15.2. The van der Waals surface area contributed by atoms with Crippen LogP contribution in [0.25, 0.3) is 10.9 Å². The molecule has 0 unspecified atom stereocenters. The van der Waals surface area contributed by atoms with Crippen molar-refractivity contribution in [1.29, 1.82) is 0 Å². The van der Waals surface area contributed by atoms with Gasteiger partial charge in [0.1, 0.15) is 11.3 Å². The first kappa shape index (κ1) is 16.1. The van der Waals surface area contributed by atoms with E-state index in [0.717, 1.165) is 34.6 Å². The van der Waals surface area contributed by atoms with Crippen LogP contribution in [0.3, 0.4) is 0 Å². The van der Waals surface area contributed by atoms with Crippen LogP contribution in [0.2, 0.25) is 0 Å². The van der Waals surface area contributed by atoms with E-state index in [0.29, 0.717) is 0 Å². The average Bonchev–Trinajstić information content (AvgIpc) is 3.07. The number of para-hydroxylation sites is 1. The zero-order valence-electron chi connectivity index (χ0n) is 14.3. The Balaban J connectivity index is 1.60. The molecule has 2 heterocycles. The monoisotopic (exact) mass is 313 g/mol. The molecule has 1 aliphatic heterocycles. The molecule has 1 saturated heterocycles. The van der Waals surface area contributed by atoms with Crippen molar-refractivity contribution < 1.29 is 4.74 Å². The lowest BCUT2D eigenvalue weighted by atomic mass is 10.1. The minimum Gasteiger partial charge on any atom is -0.494 e.